The fourth-order valence-corrected chi connectivity index (χ4v) is 1.69. The second kappa shape index (κ2) is 6.06. The van der Waals surface area contributed by atoms with Crippen LogP contribution in [0.4, 0.5) is 13.2 Å². The Balaban J connectivity index is 2.74. The van der Waals surface area contributed by atoms with Gasteiger partial charge in [0, 0.05) is 12.1 Å². The molecule has 0 aliphatic carbocycles. The first-order valence-corrected chi connectivity index (χ1v) is 5.92. The Morgan fingerprint density at radius 2 is 1.84 bits per heavy atom. The summed E-state index contributed by atoms with van der Waals surface area (Å²) in [5.41, 5.74) is -1.43. The van der Waals surface area contributed by atoms with Gasteiger partial charge < -0.3 is 10.4 Å². The van der Waals surface area contributed by atoms with E-state index in [0.717, 1.165) is 6.42 Å². The van der Waals surface area contributed by atoms with Crippen molar-refractivity contribution in [3.05, 3.63) is 35.1 Å². The molecule has 3 nitrogen and oxygen atoms in total. The fraction of sp³-hybridized carbons (Fsp3) is 0.462. The van der Waals surface area contributed by atoms with Crippen LogP contribution in [0.5, 0.6) is 0 Å². The Hall–Kier alpha value is -1.56. The van der Waals surface area contributed by atoms with Crippen molar-refractivity contribution in [2.45, 2.75) is 32.3 Å². The molecule has 6 heteroatoms. The Morgan fingerprint density at radius 1 is 1.32 bits per heavy atom. The molecule has 1 rings (SSSR count). The molecule has 0 heterocycles. The van der Waals surface area contributed by atoms with E-state index in [4.69, 9.17) is 0 Å². The van der Waals surface area contributed by atoms with Gasteiger partial charge in [-0.15, -0.1) is 0 Å². The summed E-state index contributed by atoms with van der Waals surface area (Å²) < 4.78 is 38.6. The molecule has 1 aromatic rings. The van der Waals surface area contributed by atoms with Gasteiger partial charge in [0.05, 0.1) is 5.60 Å². The number of rotatable bonds is 5. The van der Waals surface area contributed by atoms with Gasteiger partial charge in [0.25, 0.3) is 5.91 Å². The van der Waals surface area contributed by atoms with Crippen molar-refractivity contribution in [3.8, 4) is 0 Å². The lowest BCUT2D eigenvalue weighted by molar-refractivity contribution is 0.0469. The Bertz CT molecular complexity index is 452. The van der Waals surface area contributed by atoms with Crippen molar-refractivity contribution in [2.24, 2.45) is 0 Å². The normalized spacial score (nSPS) is 14.0. The average molecular weight is 275 g/mol. The zero-order chi connectivity index (χ0) is 14.6. The molecule has 0 radical (unpaired) electrons. The summed E-state index contributed by atoms with van der Waals surface area (Å²) in [6, 6.07) is 1.23. The minimum absolute atomic E-state index is 0.0553. The maximum absolute atomic E-state index is 13.0. The molecule has 2 N–H and O–H groups in total. The highest BCUT2D eigenvalue weighted by atomic mass is 19.2. The van der Waals surface area contributed by atoms with Crippen LogP contribution in [0.15, 0.2) is 12.1 Å². The minimum atomic E-state index is -1.62. The van der Waals surface area contributed by atoms with Crippen molar-refractivity contribution in [2.75, 3.05) is 6.54 Å². The van der Waals surface area contributed by atoms with Crippen LogP contribution in [0.1, 0.15) is 37.0 Å². The Kier molecular flexibility index (Phi) is 4.94. The van der Waals surface area contributed by atoms with E-state index in [1.54, 1.807) is 6.92 Å². The predicted molar refractivity (Wildman–Crippen MR) is 64.2 cm³/mol. The zero-order valence-corrected chi connectivity index (χ0v) is 10.8. The molecule has 0 fully saturated rings. The highest BCUT2D eigenvalue weighted by Gasteiger charge is 2.21. The van der Waals surface area contributed by atoms with Crippen molar-refractivity contribution >= 4 is 5.91 Å². The van der Waals surface area contributed by atoms with Gasteiger partial charge in [-0.25, -0.2) is 13.2 Å². The van der Waals surface area contributed by atoms with E-state index in [-0.39, 0.29) is 12.1 Å². The van der Waals surface area contributed by atoms with Gasteiger partial charge in [-0.2, -0.15) is 0 Å². The summed E-state index contributed by atoms with van der Waals surface area (Å²) in [6.45, 7) is 3.36. The second-order valence-electron chi connectivity index (χ2n) is 4.68. The third-order valence-corrected chi connectivity index (χ3v) is 2.66. The maximum Gasteiger partial charge on any atom is 0.251 e. The molecule has 0 spiro atoms. The molecule has 0 saturated heterocycles. The van der Waals surface area contributed by atoms with Gasteiger partial charge in [0.2, 0.25) is 0 Å². The number of amides is 1. The van der Waals surface area contributed by atoms with Crippen LogP contribution in [0.3, 0.4) is 0 Å². The molecule has 1 amide bonds. The SMILES string of the molecule is CCCC(C)(O)CNC(=O)c1cc(F)c(F)c(F)c1. The number of nitrogens with one attached hydrogen (secondary N) is 1. The van der Waals surface area contributed by atoms with E-state index in [0.29, 0.717) is 18.6 Å². The number of carbonyl (C=O) groups excluding carboxylic acids is 1. The van der Waals surface area contributed by atoms with Crippen LogP contribution in [0.25, 0.3) is 0 Å². The van der Waals surface area contributed by atoms with Crippen molar-refractivity contribution in [3.63, 3.8) is 0 Å². The highest BCUT2D eigenvalue weighted by Crippen LogP contribution is 2.14. The van der Waals surface area contributed by atoms with Gasteiger partial charge in [-0.05, 0) is 25.5 Å². The van der Waals surface area contributed by atoms with E-state index in [1.807, 2.05) is 6.92 Å². The smallest absolute Gasteiger partial charge is 0.251 e. The number of hydrogen-bond donors (Lipinski definition) is 2. The second-order valence-corrected chi connectivity index (χ2v) is 4.68. The highest BCUT2D eigenvalue weighted by molar-refractivity contribution is 5.94. The first kappa shape index (κ1) is 15.5. The van der Waals surface area contributed by atoms with E-state index < -0.39 is 29.0 Å². The van der Waals surface area contributed by atoms with Crippen LogP contribution in [-0.4, -0.2) is 23.2 Å². The van der Waals surface area contributed by atoms with Gasteiger partial charge in [0.15, 0.2) is 17.5 Å². The minimum Gasteiger partial charge on any atom is -0.388 e. The van der Waals surface area contributed by atoms with Crippen molar-refractivity contribution in [1.82, 2.24) is 5.32 Å². The van der Waals surface area contributed by atoms with E-state index in [2.05, 4.69) is 5.32 Å². The summed E-state index contributed by atoms with van der Waals surface area (Å²) in [5, 5.41) is 12.2. The van der Waals surface area contributed by atoms with Crippen LogP contribution >= 0.6 is 0 Å². The van der Waals surface area contributed by atoms with Crippen molar-refractivity contribution < 1.29 is 23.1 Å². The molecular formula is C13H16F3NO2. The van der Waals surface area contributed by atoms with E-state index >= 15 is 0 Å². The number of benzene rings is 1. The number of halogens is 3. The summed E-state index contributed by atoms with van der Waals surface area (Å²) in [6.07, 6.45) is 1.20. The summed E-state index contributed by atoms with van der Waals surface area (Å²) in [5.74, 6) is -5.24. The molecule has 1 aromatic carbocycles. The molecule has 0 aliphatic heterocycles. The standard InChI is InChI=1S/C13H16F3NO2/c1-3-4-13(2,19)7-17-12(18)8-5-9(14)11(16)10(15)6-8/h5-6,19H,3-4,7H2,1-2H3,(H,17,18). The maximum atomic E-state index is 13.0. The molecule has 1 atom stereocenters. The first-order valence-electron chi connectivity index (χ1n) is 5.92. The Labute approximate surface area is 109 Å². The lowest BCUT2D eigenvalue weighted by Gasteiger charge is -2.22. The number of aliphatic hydroxyl groups is 1. The fourth-order valence-electron chi connectivity index (χ4n) is 1.69. The molecule has 106 valence electrons. The van der Waals surface area contributed by atoms with Gasteiger partial charge >= 0.3 is 0 Å². The summed E-state index contributed by atoms with van der Waals surface area (Å²) in [7, 11) is 0. The monoisotopic (exact) mass is 275 g/mol. The molecule has 1 unspecified atom stereocenters. The van der Waals surface area contributed by atoms with E-state index in [9.17, 15) is 23.1 Å². The third-order valence-electron chi connectivity index (χ3n) is 2.66. The Morgan fingerprint density at radius 3 is 2.32 bits per heavy atom. The van der Waals surface area contributed by atoms with Crippen LogP contribution in [0, 0.1) is 17.5 Å². The van der Waals surface area contributed by atoms with Gasteiger partial charge in [-0.3, -0.25) is 4.79 Å². The predicted octanol–water partition coefficient (Wildman–Crippen LogP) is 2.38. The van der Waals surface area contributed by atoms with Crippen LogP contribution in [-0.2, 0) is 0 Å². The molecular weight excluding hydrogens is 259 g/mol. The van der Waals surface area contributed by atoms with E-state index in [1.165, 1.54) is 0 Å². The molecule has 0 bridgehead atoms. The lowest BCUT2D eigenvalue weighted by atomic mass is 10.0. The molecule has 0 aliphatic rings. The lowest BCUT2D eigenvalue weighted by Crippen LogP contribution is -2.40. The number of carbonyl (C=O) groups is 1. The van der Waals surface area contributed by atoms with Crippen LogP contribution in [0.2, 0.25) is 0 Å². The van der Waals surface area contributed by atoms with Gasteiger partial charge in [0.1, 0.15) is 0 Å². The third kappa shape index (κ3) is 4.24. The molecule has 0 saturated carbocycles. The first-order chi connectivity index (χ1) is 8.76. The molecule has 19 heavy (non-hydrogen) atoms. The molecule has 0 aromatic heterocycles. The topological polar surface area (TPSA) is 49.3 Å². The summed E-state index contributed by atoms with van der Waals surface area (Å²) in [4.78, 5) is 11.6. The largest absolute Gasteiger partial charge is 0.388 e. The summed E-state index contributed by atoms with van der Waals surface area (Å²) >= 11 is 0. The van der Waals surface area contributed by atoms with Crippen LogP contribution < -0.4 is 5.32 Å². The van der Waals surface area contributed by atoms with Crippen molar-refractivity contribution in [1.29, 1.82) is 0 Å². The quantitative estimate of drug-likeness (QED) is 0.811. The zero-order valence-electron chi connectivity index (χ0n) is 10.8. The average Bonchev–Trinajstić information content (AvgIpc) is 2.32. The number of hydrogen-bond acceptors (Lipinski definition) is 2. The van der Waals surface area contributed by atoms with Gasteiger partial charge in [-0.1, -0.05) is 13.3 Å².